The Morgan fingerprint density at radius 1 is 1.28 bits per heavy atom. The Bertz CT molecular complexity index is 745. The van der Waals surface area contributed by atoms with Crippen LogP contribution in [0.5, 0.6) is 0 Å². The highest BCUT2D eigenvalue weighted by atomic mass is 32.1. The molecule has 0 saturated heterocycles. The molecule has 6 heteroatoms. The number of nitrogens with two attached hydrogens (primary N) is 1. The number of rotatable bonds is 2. The second-order valence-corrected chi connectivity index (χ2v) is 4.80. The molecule has 18 heavy (non-hydrogen) atoms. The van der Waals surface area contributed by atoms with Gasteiger partial charge in [0.2, 0.25) is 0 Å². The first-order valence-electron chi connectivity index (χ1n) is 5.37. The molecule has 0 atom stereocenters. The maximum absolute atomic E-state index is 12.1. The lowest BCUT2D eigenvalue weighted by Crippen LogP contribution is -2.20. The van der Waals surface area contributed by atoms with Gasteiger partial charge in [0.05, 0.1) is 18.3 Å². The number of nitrogen functional groups attached to an aromatic ring is 1. The lowest BCUT2D eigenvalue weighted by atomic mass is 10.3. The van der Waals surface area contributed by atoms with Crippen molar-refractivity contribution < 1.29 is 0 Å². The van der Waals surface area contributed by atoms with Gasteiger partial charge in [-0.25, -0.2) is 9.97 Å². The lowest BCUT2D eigenvalue weighted by Gasteiger charge is -2.05. The number of hydrogen-bond acceptors (Lipinski definition) is 5. The maximum Gasteiger partial charge on any atom is 0.262 e. The van der Waals surface area contributed by atoms with Gasteiger partial charge in [0, 0.05) is 6.20 Å². The van der Waals surface area contributed by atoms with Crippen molar-refractivity contribution in [1.29, 1.82) is 0 Å². The highest BCUT2D eigenvalue weighted by Crippen LogP contribution is 2.13. The van der Waals surface area contributed by atoms with Crippen LogP contribution in [0.2, 0.25) is 0 Å². The third-order valence-electron chi connectivity index (χ3n) is 2.65. The van der Waals surface area contributed by atoms with Gasteiger partial charge in [-0.05, 0) is 23.1 Å². The molecule has 0 fully saturated rings. The first-order chi connectivity index (χ1) is 8.74. The Morgan fingerprint density at radius 3 is 2.94 bits per heavy atom. The molecule has 2 N–H and O–H groups in total. The van der Waals surface area contributed by atoms with E-state index in [1.165, 1.54) is 11.3 Å². The molecule has 3 heterocycles. The first-order valence-corrected chi connectivity index (χ1v) is 6.25. The van der Waals surface area contributed by atoms with Crippen LogP contribution in [0, 0.1) is 0 Å². The third kappa shape index (κ3) is 1.86. The molecule has 0 amide bonds. The van der Waals surface area contributed by atoms with E-state index in [-0.39, 0.29) is 5.56 Å². The second kappa shape index (κ2) is 4.23. The van der Waals surface area contributed by atoms with Gasteiger partial charge in [-0.3, -0.25) is 9.36 Å². The molecule has 0 aliphatic rings. The zero-order valence-corrected chi connectivity index (χ0v) is 10.2. The summed E-state index contributed by atoms with van der Waals surface area (Å²) in [5, 5.41) is 2.53. The number of aromatic nitrogens is 3. The van der Waals surface area contributed by atoms with Gasteiger partial charge in [0.1, 0.15) is 10.6 Å². The molecule has 90 valence electrons. The largest absolute Gasteiger partial charge is 0.384 e. The Hall–Kier alpha value is -2.21. The minimum atomic E-state index is -0.0296. The van der Waals surface area contributed by atoms with Crippen LogP contribution in [0.1, 0.15) is 5.56 Å². The number of fused-ring (bicyclic) bond motifs is 1. The van der Waals surface area contributed by atoms with Crippen LogP contribution in [0.15, 0.2) is 40.9 Å². The molecular formula is C12H10N4OS. The van der Waals surface area contributed by atoms with E-state index in [0.717, 1.165) is 10.4 Å². The average Bonchev–Trinajstić information content (AvgIpc) is 2.84. The van der Waals surface area contributed by atoms with Gasteiger partial charge in [0.15, 0.2) is 0 Å². The molecule has 0 aromatic carbocycles. The summed E-state index contributed by atoms with van der Waals surface area (Å²) in [6.45, 7) is 0.449. The summed E-state index contributed by atoms with van der Waals surface area (Å²) in [6, 6.07) is 5.37. The Balaban J connectivity index is 2.02. The van der Waals surface area contributed by atoms with Crippen LogP contribution in [0.3, 0.4) is 0 Å². The normalized spacial score (nSPS) is 10.9. The van der Waals surface area contributed by atoms with Crippen LogP contribution in [0.4, 0.5) is 5.82 Å². The van der Waals surface area contributed by atoms with Gasteiger partial charge < -0.3 is 5.73 Å². The molecule has 3 aromatic heterocycles. The maximum atomic E-state index is 12.1. The zero-order chi connectivity index (χ0) is 12.5. The van der Waals surface area contributed by atoms with Gasteiger partial charge in [-0.1, -0.05) is 6.07 Å². The standard InChI is InChI=1S/C12H10N4OS/c13-10-2-1-8(5-14-10)6-16-7-15-11-9(12(16)17)3-4-18-11/h1-5,7H,6H2,(H2,13,14). The van der Waals surface area contributed by atoms with Crippen molar-refractivity contribution >= 4 is 27.4 Å². The Morgan fingerprint density at radius 2 is 2.17 bits per heavy atom. The first kappa shape index (κ1) is 10.9. The van der Waals surface area contributed by atoms with Crippen molar-refractivity contribution in [3.63, 3.8) is 0 Å². The van der Waals surface area contributed by atoms with Gasteiger partial charge >= 0.3 is 0 Å². The summed E-state index contributed by atoms with van der Waals surface area (Å²) in [5.41, 5.74) is 6.41. The predicted molar refractivity (Wildman–Crippen MR) is 71.6 cm³/mol. The molecule has 0 aliphatic carbocycles. The van der Waals surface area contributed by atoms with E-state index >= 15 is 0 Å². The number of hydrogen-bond donors (Lipinski definition) is 1. The molecule has 0 aliphatic heterocycles. The third-order valence-corrected chi connectivity index (χ3v) is 3.47. The van der Waals surface area contributed by atoms with Crippen molar-refractivity contribution in [2.24, 2.45) is 0 Å². The van der Waals surface area contributed by atoms with Crippen molar-refractivity contribution in [1.82, 2.24) is 14.5 Å². The lowest BCUT2D eigenvalue weighted by molar-refractivity contribution is 0.747. The fourth-order valence-corrected chi connectivity index (χ4v) is 2.46. The summed E-state index contributed by atoms with van der Waals surface area (Å²) in [5.74, 6) is 0.470. The van der Waals surface area contributed by atoms with Crippen LogP contribution < -0.4 is 11.3 Å². The fraction of sp³-hybridized carbons (Fsp3) is 0.0833. The van der Waals surface area contributed by atoms with E-state index in [1.54, 1.807) is 29.2 Å². The van der Waals surface area contributed by atoms with Gasteiger partial charge in [0.25, 0.3) is 5.56 Å². The van der Waals surface area contributed by atoms with Crippen molar-refractivity contribution in [3.8, 4) is 0 Å². The quantitative estimate of drug-likeness (QED) is 0.755. The molecule has 3 aromatic rings. The molecule has 3 rings (SSSR count). The molecule has 0 radical (unpaired) electrons. The SMILES string of the molecule is Nc1ccc(Cn2cnc3sccc3c2=O)cn1. The summed E-state index contributed by atoms with van der Waals surface area (Å²) < 4.78 is 1.57. The van der Waals surface area contributed by atoms with Crippen LogP contribution in [-0.4, -0.2) is 14.5 Å². The molecule has 0 spiro atoms. The van der Waals surface area contributed by atoms with Crippen LogP contribution >= 0.6 is 11.3 Å². The number of anilines is 1. The molecular weight excluding hydrogens is 248 g/mol. The second-order valence-electron chi connectivity index (χ2n) is 3.91. The van der Waals surface area contributed by atoms with Crippen molar-refractivity contribution in [2.45, 2.75) is 6.54 Å². The highest BCUT2D eigenvalue weighted by Gasteiger charge is 2.05. The van der Waals surface area contributed by atoms with Crippen molar-refractivity contribution in [3.05, 3.63) is 52.0 Å². The minimum Gasteiger partial charge on any atom is -0.384 e. The summed E-state index contributed by atoms with van der Waals surface area (Å²) in [7, 11) is 0. The van der Waals surface area contributed by atoms with Crippen molar-refractivity contribution in [2.75, 3.05) is 5.73 Å². The highest BCUT2D eigenvalue weighted by molar-refractivity contribution is 7.16. The monoisotopic (exact) mass is 258 g/mol. The number of nitrogens with zero attached hydrogens (tertiary/aromatic N) is 3. The average molecular weight is 258 g/mol. The topological polar surface area (TPSA) is 73.8 Å². The van der Waals surface area contributed by atoms with E-state index in [2.05, 4.69) is 9.97 Å². The fourth-order valence-electron chi connectivity index (χ4n) is 1.73. The molecule has 0 bridgehead atoms. The van der Waals surface area contributed by atoms with Crippen LogP contribution in [-0.2, 0) is 6.54 Å². The number of pyridine rings is 1. The molecule has 0 saturated carbocycles. The van der Waals surface area contributed by atoms with E-state index in [1.807, 2.05) is 11.4 Å². The smallest absolute Gasteiger partial charge is 0.262 e. The Kier molecular flexibility index (Phi) is 2.56. The van der Waals surface area contributed by atoms with E-state index in [9.17, 15) is 4.79 Å². The zero-order valence-electron chi connectivity index (χ0n) is 9.41. The summed E-state index contributed by atoms with van der Waals surface area (Å²) in [4.78, 5) is 21.2. The van der Waals surface area contributed by atoms with E-state index in [0.29, 0.717) is 17.7 Å². The van der Waals surface area contributed by atoms with E-state index < -0.39 is 0 Å². The molecule has 5 nitrogen and oxygen atoms in total. The minimum absolute atomic E-state index is 0.0296. The van der Waals surface area contributed by atoms with E-state index in [4.69, 9.17) is 5.73 Å². The summed E-state index contributed by atoms with van der Waals surface area (Å²) >= 11 is 1.47. The number of thiophene rings is 1. The predicted octanol–water partition coefficient (Wildman–Crippen LogP) is 1.48. The molecule has 0 unspecified atom stereocenters. The van der Waals surface area contributed by atoms with Crippen LogP contribution in [0.25, 0.3) is 10.2 Å². The van der Waals surface area contributed by atoms with Gasteiger partial charge in [-0.2, -0.15) is 0 Å². The van der Waals surface area contributed by atoms with Gasteiger partial charge in [-0.15, -0.1) is 11.3 Å². The Labute approximate surface area is 107 Å². The summed E-state index contributed by atoms with van der Waals surface area (Å²) in [6.07, 6.45) is 3.23.